The van der Waals surface area contributed by atoms with E-state index in [1.54, 1.807) is 13.8 Å². The van der Waals surface area contributed by atoms with Crippen molar-refractivity contribution in [1.29, 1.82) is 0 Å². The van der Waals surface area contributed by atoms with Gasteiger partial charge in [-0.25, -0.2) is 0 Å². The van der Waals surface area contributed by atoms with Gasteiger partial charge in [0, 0.05) is 6.54 Å². The van der Waals surface area contributed by atoms with Crippen LogP contribution in [0.15, 0.2) is 0 Å². The van der Waals surface area contributed by atoms with Crippen molar-refractivity contribution in [2.45, 2.75) is 45.1 Å². The molecule has 0 unspecified atom stereocenters. The monoisotopic (exact) mass is 228 g/mol. The van der Waals surface area contributed by atoms with Gasteiger partial charge in [0.1, 0.15) is 0 Å². The summed E-state index contributed by atoms with van der Waals surface area (Å²) in [6.45, 7) is 3.39. The van der Waals surface area contributed by atoms with Gasteiger partial charge in [-0.2, -0.15) is 0 Å². The Kier molecular flexibility index (Phi) is 3.57. The van der Waals surface area contributed by atoms with E-state index in [0.29, 0.717) is 12.8 Å². The van der Waals surface area contributed by atoms with Gasteiger partial charge in [0.05, 0.1) is 11.0 Å². The Hall–Kier alpha value is -1.10. The van der Waals surface area contributed by atoms with Crippen LogP contribution in [-0.4, -0.2) is 29.1 Å². The topological polar surface area (TPSA) is 92.4 Å². The molecule has 0 aromatic heterocycles. The second-order valence-electron chi connectivity index (χ2n) is 5.20. The Balaban J connectivity index is 2.59. The van der Waals surface area contributed by atoms with Crippen LogP contribution >= 0.6 is 0 Å². The van der Waals surface area contributed by atoms with Crippen molar-refractivity contribution >= 4 is 11.9 Å². The predicted octanol–water partition coefficient (Wildman–Crippen LogP) is 0.485. The summed E-state index contributed by atoms with van der Waals surface area (Å²) in [6.07, 6.45) is 3.09. The zero-order valence-electron chi connectivity index (χ0n) is 9.88. The Bertz CT molecular complexity index is 288. The molecule has 0 aromatic rings. The van der Waals surface area contributed by atoms with Crippen LogP contribution in [0.3, 0.4) is 0 Å². The molecule has 0 heterocycles. The quantitative estimate of drug-likeness (QED) is 0.652. The summed E-state index contributed by atoms with van der Waals surface area (Å²) in [5.74, 6) is -1.12. The molecule has 0 radical (unpaired) electrons. The predicted molar refractivity (Wildman–Crippen MR) is 59.8 cm³/mol. The summed E-state index contributed by atoms with van der Waals surface area (Å²) in [4.78, 5) is 22.8. The van der Waals surface area contributed by atoms with Gasteiger partial charge in [-0.15, -0.1) is 0 Å². The lowest BCUT2D eigenvalue weighted by atomic mass is 9.86. The van der Waals surface area contributed by atoms with Crippen LogP contribution in [0.25, 0.3) is 0 Å². The Morgan fingerprint density at radius 2 is 1.88 bits per heavy atom. The smallest absolute Gasteiger partial charge is 0.311 e. The van der Waals surface area contributed by atoms with Gasteiger partial charge in [0.15, 0.2) is 0 Å². The Morgan fingerprint density at radius 3 is 2.25 bits per heavy atom. The number of carbonyl (C=O) groups is 2. The highest BCUT2D eigenvalue weighted by Gasteiger charge is 2.42. The molecule has 1 fully saturated rings. The number of carboxylic acid groups (broad SMARTS) is 1. The summed E-state index contributed by atoms with van der Waals surface area (Å²) >= 11 is 0. The average Bonchev–Trinajstić information content (AvgIpc) is 2.62. The fraction of sp³-hybridized carbons (Fsp3) is 0.818. The fourth-order valence-corrected chi connectivity index (χ4v) is 2.00. The molecule has 1 aliphatic rings. The lowest BCUT2D eigenvalue weighted by molar-refractivity contribution is -0.148. The molecule has 0 aromatic carbocycles. The van der Waals surface area contributed by atoms with Crippen molar-refractivity contribution in [2.24, 2.45) is 11.1 Å². The zero-order chi connectivity index (χ0) is 12.4. The third-order valence-corrected chi connectivity index (χ3v) is 3.19. The van der Waals surface area contributed by atoms with E-state index in [0.717, 1.165) is 12.8 Å². The number of hydrogen-bond donors (Lipinski definition) is 3. The second kappa shape index (κ2) is 4.41. The molecule has 5 heteroatoms. The average molecular weight is 228 g/mol. The first-order chi connectivity index (χ1) is 7.28. The minimum absolute atomic E-state index is 0.182. The highest BCUT2D eigenvalue weighted by atomic mass is 16.4. The molecule has 1 aliphatic carbocycles. The van der Waals surface area contributed by atoms with Crippen LogP contribution in [0.4, 0.5) is 0 Å². The number of rotatable bonds is 4. The number of nitrogens with two attached hydrogens (primary N) is 1. The van der Waals surface area contributed by atoms with E-state index in [1.165, 1.54) is 0 Å². The number of carboxylic acids is 1. The van der Waals surface area contributed by atoms with Gasteiger partial charge in [-0.3, -0.25) is 9.59 Å². The number of nitrogens with one attached hydrogen (secondary N) is 1. The molecule has 4 N–H and O–H groups in total. The number of aliphatic carboxylic acids is 1. The van der Waals surface area contributed by atoms with E-state index in [4.69, 9.17) is 5.73 Å². The summed E-state index contributed by atoms with van der Waals surface area (Å²) in [5, 5.41) is 11.8. The molecule has 0 atom stereocenters. The molecule has 0 aliphatic heterocycles. The van der Waals surface area contributed by atoms with Crippen molar-refractivity contribution in [2.75, 3.05) is 6.54 Å². The van der Waals surface area contributed by atoms with Gasteiger partial charge in [-0.1, -0.05) is 12.8 Å². The van der Waals surface area contributed by atoms with E-state index in [2.05, 4.69) is 5.32 Å². The molecule has 16 heavy (non-hydrogen) atoms. The molecule has 0 spiro atoms. The van der Waals surface area contributed by atoms with Crippen LogP contribution < -0.4 is 11.1 Å². The zero-order valence-corrected chi connectivity index (χ0v) is 9.88. The van der Waals surface area contributed by atoms with Crippen molar-refractivity contribution in [3.63, 3.8) is 0 Å². The largest absolute Gasteiger partial charge is 0.481 e. The summed E-state index contributed by atoms with van der Waals surface area (Å²) in [5.41, 5.74) is 3.89. The van der Waals surface area contributed by atoms with Crippen molar-refractivity contribution in [3.8, 4) is 0 Å². The SMILES string of the molecule is CC(C)(N)C(=O)NCC1(C(=O)O)CCCC1. The van der Waals surface area contributed by atoms with Crippen molar-refractivity contribution < 1.29 is 14.7 Å². The number of hydrogen-bond acceptors (Lipinski definition) is 3. The molecule has 0 bridgehead atoms. The van der Waals surface area contributed by atoms with Crippen LogP contribution in [-0.2, 0) is 9.59 Å². The van der Waals surface area contributed by atoms with E-state index in [9.17, 15) is 14.7 Å². The second-order valence-corrected chi connectivity index (χ2v) is 5.20. The molecule has 1 amide bonds. The van der Waals surface area contributed by atoms with Crippen LogP contribution in [0, 0.1) is 5.41 Å². The minimum atomic E-state index is -0.960. The highest BCUT2D eigenvalue weighted by Crippen LogP contribution is 2.37. The van der Waals surface area contributed by atoms with E-state index in [-0.39, 0.29) is 12.5 Å². The summed E-state index contributed by atoms with van der Waals surface area (Å²) in [7, 11) is 0. The van der Waals surface area contributed by atoms with Crippen molar-refractivity contribution in [3.05, 3.63) is 0 Å². The molecule has 1 rings (SSSR count). The maximum atomic E-state index is 11.6. The van der Waals surface area contributed by atoms with Gasteiger partial charge < -0.3 is 16.2 Å². The fourth-order valence-electron chi connectivity index (χ4n) is 2.00. The Morgan fingerprint density at radius 1 is 1.38 bits per heavy atom. The van der Waals surface area contributed by atoms with Gasteiger partial charge in [0.2, 0.25) is 5.91 Å². The summed E-state index contributed by atoms with van der Waals surface area (Å²) in [6, 6.07) is 0. The van der Waals surface area contributed by atoms with E-state index >= 15 is 0 Å². The normalized spacial score (nSPS) is 19.4. The first-order valence-corrected chi connectivity index (χ1v) is 5.58. The molecule has 1 saturated carbocycles. The maximum Gasteiger partial charge on any atom is 0.311 e. The Labute approximate surface area is 95.4 Å². The first kappa shape index (κ1) is 13.0. The van der Waals surface area contributed by atoms with Crippen molar-refractivity contribution in [1.82, 2.24) is 5.32 Å². The molecular weight excluding hydrogens is 208 g/mol. The minimum Gasteiger partial charge on any atom is -0.481 e. The molecular formula is C11H20N2O3. The standard InChI is InChI=1S/C11H20N2O3/c1-10(2,12)8(14)13-7-11(9(15)16)5-3-4-6-11/h3-7,12H2,1-2H3,(H,13,14)(H,15,16). The molecule has 0 saturated heterocycles. The highest BCUT2D eigenvalue weighted by molar-refractivity contribution is 5.86. The number of amides is 1. The number of carbonyl (C=O) groups excluding carboxylic acids is 1. The van der Waals surface area contributed by atoms with Crippen LogP contribution in [0.2, 0.25) is 0 Å². The van der Waals surface area contributed by atoms with Gasteiger partial charge in [0.25, 0.3) is 0 Å². The third-order valence-electron chi connectivity index (χ3n) is 3.19. The first-order valence-electron chi connectivity index (χ1n) is 5.58. The maximum absolute atomic E-state index is 11.6. The third kappa shape index (κ3) is 2.72. The molecule has 92 valence electrons. The van der Waals surface area contributed by atoms with E-state index < -0.39 is 16.9 Å². The van der Waals surface area contributed by atoms with E-state index in [1.807, 2.05) is 0 Å². The molecule has 5 nitrogen and oxygen atoms in total. The summed E-state index contributed by atoms with van der Waals surface area (Å²) < 4.78 is 0. The lowest BCUT2D eigenvalue weighted by Gasteiger charge is -2.26. The lowest BCUT2D eigenvalue weighted by Crippen LogP contribution is -2.52. The van der Waals surface area contributed by atoms with Gasteiger partial charge in [-0.05, 0) is 26.7 Å². The van der Waals surface area contributed by atoms with Crippen LogP contribution in [0.1, 0.15) is 39.5 Å². The van der Waals surface area contributed by atoms with Crippen LogP contribution in [0.5, 0.6) is 0 Å². The van der Waals surface area contributed by atoms with Gasteiger partial charge >= 0.3 is 5.97 Å².